The normalized spacial score (nSPS) is 11.0. The van der Waals surface area contributed by atoms with Crippen molar-refractivity contribution in [3.05, 3.63) is 35.4 Å². The van der Waals surface area contributed by atoms with E-state index in [1.165, 1.54) is 25.7 Å². The molecule has 0 aliphatic carbocycles. The van der Waals surface area contributed by atoms with Crippen LogP contribution in [0.25, 0.3) is 0 Å². The van der Waals surface area contributed by atoms with Crippen LogP contribution < -0.4 is 0 Å². The predicted octanol–water partition coefficient (Wildman–Crippen LogP) is 5.65. The van der Waals surface area contributed by atoms with E-state index in [1.807, 2.05) is 13.8 Å². The van der Waals surface area contributed by atoms with Crippen molar-refractivity contribution < 1.29 is 19.1 Å². The molecule has 0 N–H and O–H groups in total. The first kappa shape index (κ1) is 22.2. The van der Waals surface area contributed by atoms with Gasteiger partial charge in [0, 0.05) is 0 Å². The maximum Gasteiger partial charge on any atom is 0.339 e. The third kappa shape index (κ3) is 9.02. The quantitative estimate of drug-likeness (QED) is 0.356. The third-order valence-electron chi connectivity index (χ3n) is 4.07. The van der Waals surface area contributed by atoms with Crippen LogP contribution in [0.15, 0.2) is 24.3 Å². The van der Waals surface area contributed by atoms with Gasteiger partial charge >= 0.3 is 11.9 Å². The molecule has 1 rings (SSSR count). The monoisotopic (exact) mass is 362 g/mol. The summed E-state index contributed by atoms with van der Waals surface area (Å²) in [6.07, 6.45) is 6.86. The van der Waals surface area contributed by atoms with Crippen molar-refractivity contribution >= 4 is 11.9 Å². The van der Waals surface area contributed by atoms with Gasteiger partial charge in [0.2, 0.25) is 0 Å². The summed E-state index contributed by atoms with van der Waals surface area (Å²) < 4.78 is 10.6. The van der Waals surface area contributed by atoms with Gasteiger partial charge in [0.15, 0.2) is 0 Å². The minimum Gasteiger partial charge on any atom is -0.462 e. The standard InChI is InChI=1S/C22H34O4/c1-17(2)12-8-6-5-7-11-15-25-21(23)19-13-9-10-14-20(19)22(24)26-16-18(3)4/h9-10,13-14,17-18H,5-8,11-12,15-16H2,1-4H3. The Kier molecular flexibility index (Phi) is 10.7. The Morgan fingerprint density at radius 3 is 1.88 bits per heavy atom. The molecule has 1 aromatic carbocycles. The highest BCUT2D eigenvalue weighted by Crippen LogP contribution is 2.14. The zero-order chi connectivity index (χ0) is 19.4. The molecule has 0 aliphatic rings. The molecule has 146 valence electrons. The van der Waals surface area contributed by atoms with Crippen LogP contribution in [-0.2, 0) is 9.47 Å². The zero-order valence-corrected chi connectivity index (χ0v) is 16.8. The summed E-state index contributed by atoms with van der Waals surface area (Å²) in [5, 5.41) is 0. The topological polar surface area (TPSA) is 52.6 Å². The number of rotatable bonds is 12. The van der Waals surface area contributed by atoms with Crippen molar-refractivity contribution in [3.8, 4) is 0 Å². The summed E-state index contributed by atoms with van der Waals surface area (Å²) in [6.45, 7) is 9.15. The van der Waals surface area contributed by atoms with Gasteiger partial charge in [-0.05, 0) is 30.4 Å². The Balaban J connectivity index is 2.37. The summed E-state index contributed by atoms with van der Waals surface area (Å²) in [4.78, 5) is 24.5. The first-order valence-corrected chi connectivity index (χ1v) is 9.85. The van der Waals surface area contributed by atoms with Crippen LogP contribution >= 0.6 is 0 Å². The predicted molar refractivity (Wildman–Crippen MR) is 104 cm³/mol. The molecule has 4 nitrogen and oxygen atoms in total. The van der Waals surface area contributed by atoms with Crippen molar-refractivity contribution in [2.75, 3.05) is 13.2 Å². The van der Waals surface area contributed by atoms with Crippen molar-refractivity contribution in [2.45, 2.75) is 66.2 Å². The van der Waals surface area contributed by atoms with Crippen LogP contribution in [0.1, 0.15) is 86.9 Å². The minimum absolute atomic E-state index is 0.249. The molecule has 0 spiro atoms. The maximum atomic E-state index is 12.3. The molecule has 4 heteroatoms. The Bertz CT molecular complexity index is 549. The van der Waals surface area contributed by atoms with Gasteiger partial charge in [0.05, 0.1) is 24.3 Å². The van der Waals surface area contributed by atoms with Crippen LogP contribution in [-0.4, -0.2) is 25.2 Å². The molecule has 1 aromatic rings. The largest absolute Gasteiger partial charge is 0.462 e. The highest BCUT2D eigenvalue weighted by molar-refractivity contribution is 6.03. The molecule has 0 radical (unpaired) electrons. The van der Waals surface area contributed by atoms with Crippen LogP contribution in [0.5, 0.6) is 0 Å². The Labute approximate surface area is 158 Å². The van der Waals surface area contributed by atoms with E-state index in [0.29, 0.717) is 13.2 Å². The van der Waals surface area contributed by atoms with Gasteiger partial charge < -0.3 is 9.47 Å². The Morgan fingerprint density at radius 2 is 1.31 bits per heavy atom. The lowest BCUT2D eigenvalue weighted by Gasteiger charge is -2.11. The molecule has 0 aliphatic heterocycles. The Hall–Kier alpha value is -1.84. The van der Waals surface area contributed by atoms with Gasteiger partial charge in [-0.1, -0.05) is 71.9 Å². The second-order valence-corrected chi connectivity index (χ2v) is 7.62. The lowest BCUT2D eigenvalue weighted by Crippen LogP contribution is -2.16. The van der Waals surface area contributed by atoms with E-state index < -0.39 is 11.9 Å². The van der Waals surface area contributed by atoms with E-state index in [-0.39, 0.29) is 17.0 Å². The fourth-order valence-corrected chi connectivity index (χ4v) is 2.59. The summed E-state index contributed by atoms with van der Waals surface area (Å²) in [5.74, 6) is 0.0835. The lowest BCUT2D eigenvalue weighted by molar-refractivity contribution is 0.0427. The number of ether oxygens (including phenoxy) is 2. The van der Waals surface area contributed by atoms with Crippen molar-refractivity contribution in [3.63, 3.8) is 0 Å². The molecule has 0 aromatic heterocycles. The number of esters is 2. The van der Waals surface area contributed by atoms with E-state index in [0.717, 1.165) is 18.8 Å². The highest BCUT2D eigenvalue weighted by Gasteiger charge is 2.19. The van der Waals surface area contributed by atoms with Crippen LogP contribution in [0.4, 0.5) is 0 Å². The molecule has 0 bridgehead atoms. The number of hydrogen-bond donors (Lipinski definition) is 0. The van der Waals surface area contributed by atoms with Crippen molar-refractivity contribution in [1.82, 2.24) is 0 Å². The summed E-state index contributed by atoms with van der Waals surface area (Å²) in [7, 11) is 0. The van der Waals surface area contributed by atoms with Crippen LogP contribution in [0, 0.1) is 11.8 Å². The fraction of sp³-hybridized carbons (Fsp3) is 0.636. The zero-order valence-electron chi connectivity index (χ0n) is 16.8. The van der Waals surface area contributed by atoms with E-state index in [1.54, 1.807) is 24.3 Å². The molecular weight excluding hydrogens is 328 g/mol. The van der Waals surface area contributed by atoms with Gasteiger partial charge in [0.1, 0.15) is 0 Å². The van der Waals surface area contributed by atoms with Gasteiger partial charge in [0.25, 0.3) is 0 Å². The third-order valence-corrected chi connectivity index (χ3v) is 4.07. The van der Waals surface area contributed by atoms with Crippen molar-refractivity contribution in [1.29, 1.82) is 0 Å². The van der Waals surface area contributed by atoms with Gasteiger partial charge in [-0.2, -0.15) is 0 Å². The average molecular weight is 363 g/mol. The lowest BCUT2D eigenvalue weighted by atomic mass is 10.0. The molecule has 0 amide bonds. The Morgan fingerprint density at radius 1 is 0.769 bits per heavy atom. The minimum atomic E-state index is -0.476. The van der Waals surface area contributed by atoms with Gasteiger partial charge in [-0.15, -0.1) is 0 Å². The number of carbonyl (C=O) groups is 2. The van der Waals surface area contributed by atoms with Crippen LogP contribution in [0.3, 0.4) is 0 Å². The smallest absolute Gasteiger partial charge is 0.339 e. The molecular formula is C22H34O4. The van der Waals surface area contributed by atoms with Gasteiger partial charge in [-0.25, -0.2) is 9.59 Å². The van der Waals surface area contributed by atoms with Crippen LogP contribution in [0.2, 0.25) is 0 Å². The summed E-state index contributed by atoms with van der Waals surface area (Å²) >= 11 is 0. The molecule has 0 saturated carbocycles. The van der Waals surface area contributed by atoms with E-state index in [4.69, 9.17) is 9.47 Å². The highest BCUT2D eigenvalue weighted by atomic mass is 16.5. The summed E-state index contributed by atoms with van der Waals surface area (Å²) in [6, 6.07) is 6.67. The second kappa shape index (κ2) is 12.5. The molecule has 0 fully saturated rings. The number of hydrogen-bond acceptors (Lipinski definition) is 4. The number of benzene rings is 1. The molecule has 0 atom stereocenters. The number of unbranched alkanes of at least 4 members (excludes halogenated alkanes) is 4. The molecule has 0 saturated heterocycles. The molecule has 0 heterocycles. The number of carbonyl (C=O) groups excluding carboxylic acids is 2. The summed E-state index contributed by atoms with van der Waals surface area (Å²) in [5.41, 5.74) is 0.546. The van der Waals surface area contributed by atoms with E-state index >= 15 is 0 Å². The first-order chi connectivity index (χ1) is 12.4. The van der Waals surface area contributed by atoms with Crippen molar-refractivity contribution in [2.24, 2.45) is 11.8 Å². The molecule has 26 heavy (non-hydrogen) atoms. The second-order valence-electron chi connectivity index (χ2n) is 7.62. The van der Waals surface area contributed by atoms with E-state index in [9.17, 15) is 9.59 Å². The fourth-order valence-electron chi connectivity index (χ4n) is 2.59. The average Bonchev–Trinajstić information content (AvgIpc) is 2.61. The van der Waals surface area contributed by atoms with Gasteiger partial charge in [-0.3, -0.25) is 0 Å². The maximum absolute atomic E-state index is 12.3. The first-order valence-electron chi connectivity index (χ1n) is 9.85. The van der Waals surface area contributed by atoms with E-state index in [2.05, 4.69) is 13.8 Å². The SMILES string of the molecule is CC(C)CCCCCCCOC(=O)c1ccccc1C(=O)OCC(C)C. The molecule has 0 unspecified atom stereocenters.